The van der Waals surface area contributed by atoms with Crippen LogP contribution >= 0.6 is 33.9 Å². The average molecular weight is 411 g/mol. The van der Waals surface area contributed by atoms with Gasteiger partial charge >= 0.3 is 0 Å². The molecule has 0 aliphatic carbocycles. The molecule has 0 unspecified atom stereocenters. The monoisotopic (exact) mass is 411 g/mol. The Morgan fingerprint density at radius 1 is 1.33 bits per heavy atom. The van der Waals surface area contributed by atoms with Crippen LogP contribution in [0.3, 0.4) is 0 Å². The van der Waals surface area contributed by atoms with Crippen molar-refractivity contribution in [3.05, 3.63) is 44.0 Å². The number of fused-ring (bicyclic) bond motifs is 1. The summed E-state index contributed by atoms with van der Waals surface area (Å²) in [6.45, 7) is 4.01. The van der Waals surface area contributed by atoms with Gasteiger partial charge in [0.15, 0.2) is 0 Å². The van der Waals surface area contributed by atoms with Crippen LogP contribution in [-0.4, -0.2) is 15.7 Å². The van der Waals surface area contributed by atoms with Gasteiger partial charge in [-0.15, -0.1) is 11.3 Å². The third-order valence-electron chi connectivity index (χ3n) is 3.35. The third-order valence-corrected chi connectivity index (χ3v) is 5.71. The van der Waals surface area contributed by atoms with Crippen LogP contribution < -0.4 is 5.32 Å². The Kier molecular flexibility index (Phi) is 3.75. The van der Waals surface area contributed by atoms with Crippen LogP contribution in [0.5, 0.6) is 0 Å². The molecule has 1 N–H and O–H groups in total. The minimum Gasteiger partial charge on any atom is -0.321 e. The number of thiophene rings is 1. The number of carbonyl (C=O) groups excluding carboxylic acids is 1. The maximum atomic E-state index is 12.4. The maximum Gasteiger partial charge on any atom is 0.265 e. The van der Waals surface area contributed by atoms with Crippen LogP contribution in [0.15, 0.2) is 24.3 Å². The minimum absolute atomic E-state index is 0.0738. The average Bonchev–Trinajstić information content (AvgIpc) is 2.97. The molecular formula is C15H14IN3OS. The summed E-state index contributed by atoms with van der Waals surface area (Å²) in [5.74, 6) is -0.0738. The number of benzene rings is 1. The SMILES string of the molecule is Cc1ccc(NC(=O)c2cc3c(C)nn(C)c3s2)cc1I. The number of amides is 1. The van der Waals surface area contributed by atoms with Gasteiger partial charge in [0.05, 0.1) is 10.6 Å². The van der Waals surface area contributed by atoms with E-state index in [1.807, 2.05) is 42.9 Å². The smallest absolute Gasteiger partial charge is 0.265 e. The van der Waals surface area contributed by atoms with Gasteiger partial charge in [0.1, 0.15) is 4.83 Å². The number of halogens is 1. The van der Waals surface area contributed by atoms with Gasteiger partial charge in [0.2, 0.25) is 0 Å². The van der Waals surface area contributed by atoms with Gasteiger partial charge in [-0.1, -0.05) is 6.07 Å². The van der Waals surface area contributed by atoms with Crippen LogP contribution in [0.1, 0.15) is 20.9 Å². The molecule has 3 aromatic rings. The van der Waals surface area contributed by atoms with E-state index in [1.54, 1.807) is 0 Å². The Balaban J connectivity index is 1.89. The van der Waals surface area contributed by atoms with Gasteiger partial charge in [0.25, 0.3) is 5.91 Å². The van der Waals surface area contributed by atoms with Crippen molar-refractivity contribution in [2.45, 2.75) is 13.8 Å². The molecule has 1 amide bonds. The van der Waals surface area contributed by atoms with Crippen molar-refractivity contribution in [2.75, 3.05) is 5.32 Å². The van der Waals surface area contributed by atoms with Crippen LogP contribution in [0, 0.1) is 17.4 Å². The number of hydrogen-bond donors (Lipinski definition) is 1. The van der Waals surface area contributed by atoms with Crippen molar-refractivity contribution in [3.8, 4) is 0 Å². The predicted octanol–water partition coefficient (Wildman–Crippen LogP) is 4.11. The molecule has 0 radical (unpaired) electrons. The number of anilines is 1. The summed E-state index contributed by atoms with van der Waals surface area (Å²) in [6, 6.07) is 7.83. The number of aromatic nitrogens is 2. The summed E-state index contributed by atoms with van der Waals surface area (Å²) in [7, 11) is 1.90. The second-order valence-electron chi connectivity index (χ2n) is 4.96. The summed E-state index contributed by atoms with van der Waals surface area (Å²) in [5.41, 5.74) is 2.98. The molecule has 0 atom stereocenters. The van der Waals surface area contributed by atoms with E-state index in [2.05, 4.69) is 39.9 Å². The fraction of sp³-hybridized carbons (Fsp3) is 0.200. The number of carbonyl (C=O) groups is 1. The molecule has 0 saturated heterocycles. The van der Waals surface area contributed by atoms with Crippen LogP contribution in [-0.2, 0) is 7.05 Å². The fourth-order valence-electron chi connectivity index (χ4n) is 2.18. The summed E-state index contributed by atoms with van der Waals surface area (Å²) in [4.78, 5) is 14.1. The first kappa shape index (κ1) is 14.5. The van der Waals surface area contributed by atoms with Crippen LogP contribution in [0.4, 0.5) is 5.69 Å². The summed E-state index contributed by atoms with van der Waals surface area (Å²) >= 11 is 3.74. The molecule has 21 heavy (non-hydrogen) atoms. The van der Waals surface area contributed by atoms with Gasteiger partial charge in [-0.2, -0.15) is 5.10 Å². The zero-order valence-corrected chi connectivity index (χ0v) is 14.9. The van der Waals surface area contributed by atoms with Crippen molar-refractivity contribution in [1.29, 1.82) is 0 Å². The van der Waals surface area contributed by atoms with Gasteiger partial charge in [-0.25, -0.2) is 0 Å². The summed E-state index contributed by atoms with van der Waals surface area (Å²) < 4.78 is 2.96. The van der Waals surface area contributed by atoms with Crippen molar-refractivity contribution >= 4 is 55.7 Å². The van der Waals surface area contributed by atoms with E-state index in [0.29, 0.717) is 4.88 Å². The minimum atomic E-state index is -0.0738. The second kappa shape index (κ2) is 5.42. The molecule has 1 aromatic carbocycles. The maximum absolute atomic E-state index is 12.4. The zero-order valence-electron chi connectivity index (χ0n) is 11.9. The molecule has 3 rings (SSSR count). The number of nitrogens with zero attached hydrogens (tertiary/aromatic N) is 2. The van der Waals surface area contributed by atoms with E-state index >= 15 is 0 Å². The van der Waals surface area contributed by atoms with Crippen molar-refractivity contribution in [3.63, 3.8) is 0 Å². The van der Waals surface area contributed by atoms with E-state index < -0.39 is 0 Å². The Morgan fingerprint density at radius 3 is 2.76 bits per heavy atom. The topological polar surface area (TPSA) is 46.9 Å². The number of hydrogen-bond acceptors (Lipinski definition) is 3. The second-order valence-corrected chi connectivity index (χ2v) is 7.15. The highest BCUT2D eigenvalue weighted by atomic mass is 127. The fourth-order valence-corrected chi connectivity index (χ4v) is 3.71. The van der Waals surface area contributed by atoms with E-state index in [4.69, 9.17) is 0 Å². The molecule has 2 heterocycles. The molecule has 0 bridgehead atoms. The van der Waals surface area contributed by atoms with E-state index in [9.17, 15) is 4.79 Å². The van der Waals surface area contributed by atoms with Gasteiger partial charge in [-0.3, -0.25) is 9.48 Å². The van der Waals surface area contributed by atoms with Gasteiger partial charge < -0.3 is 5.32 Å². The lowest BCUT2D eigenvalue weighted by atomic mass is 10.2. The first-order chi connectivity index (χ1) is 9.95. The molecule has 0 aliphatic heterocycles. The van der Waals surface area contributed by atoms with Crippen LogP contribution in [0.25, 0.3) is 10.2 Å². The quantitative estimate of drug-likeness (QED) is 0.646. The predicted molar refractivity (Wildman–Crippen MR) is 95.2 cm³/mol. The number of nitrogens with one attached hydrogen (secondary N) is 1. The summed E-state index contributed by atoms with van der Waals surface area (Å²) in [6.07, 6.45) is 0. The molecule has 0 spiro atoms. The molecule has 6 heteroatoms. The highest BCUT2D eigenvalue weighted by molar-refractivity contribution is 14.1. The number of aryl methyl sites for hydroxylation is 3. The highest BCUT2D eigenvalue weighted by Gasteiger charge is 2.15. The van der Waals surface area contributed by atoms with Crippen molar-refractivity contribution in [1.82, 2.24) is 9.78 Å². The molecule has 108 valence electrons. The Labute approximate surface area is 140 Å². The van der Waals surface area contributed by atoms with E-state index in [0.717, 1.165) is 25.2 Å². The van der Waals surface area contributed by atoms with Crippen molar-refractivity contribution in [2.24, 2.45) is 7.05 Å². The first-order valence-corrected chi connectivity index (χ1v) is 8.36. The normalized spacial score (nSPS) is 11.0. The molecular weight excluding hydrogens is 397 g/mol. The molecule has 2 aromatic heterocycles. The lowest BCUT2D eigenvalue weighted by Gasteiger charge is -2.05. The Bertz CT molecular complexity index is 816. The molecule has 0 aliphatic rings. The zero-order chi connectivity index (χ0) is 15.1. The molecule has 0 saturated carbocycles. The standard InChI is InChI=1S/C15H14IN3OS/c1-8-4-5-10(6-12(8)16)17-14(20)13-7-11-9(2)18-19(3)15(11)21-13/h4-7H,1-3H3,(H,17,20). The third kappa shape index (κ3) is 2.69. The Morgan fingerprint density at radius 2 is 2.10 bits per heavy atom. The van der Waals surface area contributed by atoms with E-state index in [1.165, 1.54) is 16.9 Å². The van der Waals surface area contributed by atoms with Gasteiger partial charge in [-0.05, 0) is 60.2 Å². The summed E-state index contributed by atoms with van der Waals surface area (Å²) in [5, 5.41) is 8.35. The molecule has 4 nitrogen and oxygen atoms in total. The lowest BCUT2D eigenvalue weighted by molar-refractivity contribution is 0.103. The lowest BCUT2D eigenvalue weighted by Crippen LogP contribution is -2.10. The first-order valence-electron chi connectivity index (χ1n) is 6.46. The van der Waals surface area contributed by atoms with Crippen LogP contribution in [0.2, 0.25) is 0 Å². The largest absolute Gasteiger partial charge is 0.321 e. The van der Waals surface area contributed by atoms with E-state index in [-0.39, 0.29) is 5.91 Å². The van der Waals surface area contributed by atoms with Gasteiger partial charge in [0, 0.05) is 21.7 Å². The highest BCUT2D eigenvalue weighted by Crippen LogP contribution is 2.28. The Hall–Kier alpha value is -1.41. The number of rotatable bonds is 2. The molecule has 0 fully saturated rings. The van der Waals surface area contributed by atoms with Crippen molar-refractivity contribution < 1.29 is 4.79 Å².